The number of hydrogen-bond acceptors (Lipinski definition) is 4. The van der Waals surface area contributed by atoms with Crippen molar-refractivity contribution in [1.82, 2.24) is 10.2 Å². The molecule has 1 atom stereocenters. The van der Waals surface area contributed by atoms with Crippen molar-refractivity contribution < 1.29 is 9.53 Å². The zero-order chi connectivity index (χ0) is 15.5. The highest BCUT2D eigenvalue weighted by atomic mass is 16.5. The van der Waals surface area contributed by atoms with Gasteiger partial charge in [-0.1, -0.05) is 20.8 Å². The quantitative estimate of drug-likeness (QED) is 0.732. The fourth-order valence-electron chi connectivity index (χ4n) is 3.84. The molecule has 0 spiro atoms. The monoisotopic (exact) mass is 296 g/mol. The lowest BCUT2D eigenvalue weighted by molar-refractivity contribution is -0.151. The van der Waals surface area contributed by atoms with Gasteiger partial charge in [-0.25, -0.2) is 4.79 Å². The Morgan fingerprint density at radius 1 is 1.29 bits per heavy atom. The minimum Gasteiger partial charge on any atom is -0.468 e. The second kappa shape index (κ2) is 7.10. The molecule has 0 aromatic carbocycles. The van der Waals surface area contributed by atoms with Crippen LogP contribution in [-0.2, 0) is 9.53 Å². The summed E-state index contributed by atoms with van der Waals surface area (Å²) in [6.45, 7) is 10.6. The Kier molecular flexibility index (Phi) is 5.67. The summed E-state index contributed by atoms with van der Waals surface area (Å²) < 4.78 is 5.14. The lowest BCUT2D eigenvalue weighted by Crippen LogP contribution is -2.62. The summed E-state index contributed by atoms with van der Waals surface area (Å²) in [5.41, 5.74) is -0.478. The van der Waals surface area contributed by atoms with Gasteiger partial charge in [-0.15, -0.1) is 0 Å². The molecule has 1 aliphatic carbocycles. The second-order valence-electron chi connectivity index (χ2n) is 7.13. The van der Waals surface area contributed by atoms with E-state index in [1.165, 1.54) is 20.0 Å². The van der Waals surface area contributed by atoms with Crippen LogP contribution in [0.15, 0.2) is 0 Å². The number of carbonyl (C=O) groups is 1. The molecule has 0 bridgehead atoms. The van der Waals surface area contributed by atoms with Gasteiger partial charge >= 0.3 is 5.97 Å². The van der Waals surface area contributed by atoms with E-state index in [9.17, 15) is 4.79 Å². The van der Waals surface area contributed by atoms with E-state index in [-0.39, 0.29) is 5.97 Å². The third-order valence-corrected chi connectivity index (χ3v) is 5.36. The number of likely N-dealkylation sites (tertiary alicyclic amines) is 1. The van der Waals surface area contributed by atoms with Gasteiger partial charge in [0.05, 0.1) is 7.11 Å². The van der Waals surface area contributed by atoms with Gasteiger partial charge in [-0.05, 0) is 63.1 Å². The van der Waals surface area contributed by atoms with Crippen LogP contribution in [0.25, 0.3) is 0 Å². The van der Waals surface area contributed by atoms with Gasteiger partial charge in [0.2, 0.25) is 0 Å². The van der Waals surface area contributed by atoms with Gasteiger partial charge in [0.1, 0.15) is 5.54 Å². The van der Waals surface area contributed by atoms with Crippen LogP contribution >= 0.6 is 0 Å². The van der Waals surface area contributed by atoms with E-state index in [0.717, 1.165) is 50.9 Å². The SMILES string of the molecule is CCNC(CN1CCC(C(C)C)CC1)(C(=O)OC)C1CC1. The van der Waals surface area contributed by atoms with E-state index in [1.54, 1.807) is 0 Å². The highest BCUT2D eigenvalue weighted by Gasteiger charge is 2.52. The predicted octanol–water partition coefficient (Wildman–Crippen LogP) is 2.29. The maximum atomic E-state index is 12.4. The maximum absolute atomic E-state index is 12.4. The van der Waals surface area contributed by atoms with E-state index in [2.05, 4.69) is 31.0 Å². The molecule has 0 aromatic heterocycles. The molecule has 2 aliphatic rings. The van der Waals surface area contributed by atoms with E-state index in [0.29, 0.717) is 5.92 Å². The van der Waals surface area contributed by atoms with Gasteiger partial charge in [0.15, 0.2) is 0 Å². The largest absolute Gasteiger partial charge is 0.468 e. The van der Waals surface area contributed by atoms with Crippen molar-refractivity contribution in [2.24, 2.45) is 17.8 Å². The van der Waals surface area contributed by atoms with Crippen LogP contribution < -0.4 is 5.32 Å². The van der Waals surface area contributed by atoms with Crippen LogP contribution in [0.3, 0.4) is 0 Å². The number of ether oxygens (including phenoxy) is 1. The first kappa shape index (κ1) is 16.8. The van der Waals surface area contributed by atoms with E-state index >= 15 is 0 Å². The molecule has 1 saturated heterocycles. The topological polar surface area (TPSA) is 41.6 Å². The van der Waals surface area contributed by atoms with Crippen molar-refractivity contribution in [2.45, 2.75) is 52.0 Å². The third-order valence-electron chi connectivity index (χ3n) is 5.36. The van der Waals surface area contributed by atoms with Crippen LogP contribution in [-0.4, -0.2) is 49.7 Å². The van der Waals surface area contributed by atoms with Crippen LogP contribution in [0.1, 0.15) is 46.5 Å². The minimum atomic E-state index is -0.478. The smallest absolute Gasteiger partial charge is 0.327 e. The molecular formula is C17H32N2O2. The first-order valence-electron chi connectivity index (χ1n) is 8.59. The number of nitrogens with one attached hydrogen (secondary N) is 1. The van der Waals surface area contributed by atoms with Gasteiger partial charge < -0.3 is 15.0 Å². The van der Waals surface area contributed by atoms with Crippen LogP contribution in [0.5, 0.6) is 0 Å². The van der Waals surface area contributed by atoms with Crippen molar-refractivity contribution >= 4 is 5.97 Å². The van der Waals surface area contributed by atoms with Crippen LogP contribution in [0.4, 0.5) is 0 Å². The highest BCUT2D eigenvalue weighted by Crippen LogP contribution is 2.41. The van der Waals surface area contributed by atoms with Crippen molar-refractivity contribution in [3.63, 3.8) is 0 Å². The Balaban J connectivity index is 2.01. The molecule has 1 heterocycles. The Hall–Kier alpha value is -0.610. The Bertz CT molecular complexity index is 347. The Morgan fingerprint density at radius 2 is 1.90 bits per heavy atom. The normalized spacial score (nSPS) is 24.0. The Morgan fingerprint density at radius 3 is 2.33 bits per heavy atom. The third kappa shape index (κ3) is 3.78. The first-order chi connectivity index (χ1) is 10.0. The molecule has 0 aromatic rings. The van der Waals surface area contributed by atoms with Crippen molar-refractivity contribution in [3.05, 3.63) is 0 Å². The molecule has 122 valence electrons. The number of carbonyl (C=O) groups excluding carboxylic acids is 1. The highest BCUT2D eigenvalue weighted by molar-refractivity contribution is 5.82. The molecule has 0 radical (unpaired) electrons. The summed E-state index contributed by atoms with van der Waals surface area (Å²) in [7, 11) is 1.52. The summed E-state index contributed by atoms with van der Waals surface area (Å²) >= 11 is 0. The molecule has 2 fully saturated rings. The molecule has 1 aliphatic heterocycles. The Labute approximate surface area is 129 Å². The molecule has 21 heavy (non-hydrogen) atoms. The molecular weight excluding hydrogens is 264 g/mol. The lowest BCUT2D eigenvalue weighted by Gasteiger charge is -2.40. The van der Waals surface area contributed by atoms with Crippen LogP contribution in [0, 0.1) is 17.8 Å². The zero-order valence-corrected chi connectivity index (χ0v) is 14.2. The number of rotatable bonds is 7. The fourth-order valence-corrected chi connectivity index (χ4v) is 3.84. The summed E-state index contributed by atoms with van der Waals surface area (Å²) in [6.07, 6.45) is 4.80. The number of esters is 1. The summed E-state index contributed by atoms with van der Waals surface area (Å²) in [4.78, 5) is 14.9. The van der Waals surface area contributed by atoms with Crippen molar-refractivity contribution in [3.8, 4) is 0 Å². The lowest BCUT2D eigenvalue weighted by atomic mass is 9.85. The van der Waals surface area contributed by atoms with E-state index in [1.807, 2.05) is 0 Å². The van der Waals surface area contributed by atoms with E-state index < -0.39 is 5.54 Å². The first-order valence-corrected chi connectivity index (χ1v) is 8.59. The average molecular weight is 296 g/mol. The molecule has 4 nitrogen and oxygen atoms in total. The standard InChI is InChI=1S/C17H32N2O2/c1-5-18-17(15-6-7-15,16(20)21-4)12-19-10-8-14(9-11-19)13(2)3/h13-15,18H,5-12H2,1-4H3. The summed E-state index contributed by atoms with van der Waals surface area (Å²) in [5, 5.41) is 3.47. The fraction of sp³-hybridized carbons (Fsp3) is 0.941. The van der Waals surface area contributed by atoms with Gasteiger partial charge in [-0.2, -0.15) is 0 Å². The van der Waals surface area contributed by atoms with Gasteiger partial charge in [0.25, 0.3) is 0 Å². The number of nitrogens with zero attached hydrogens (tertiary/aromatic N) is 1. The predicted molar refractivity (Wildman–Crippen MR) is 85.1 cm³/mol. The van der Waals surface area contributed by atoms with Gasteiger partial charge in [-0.3, -0.25) is 0 Å². The molecule has 1 saturated carbocycles. The van der Waals surface area contributed by atoms with E-state index in [4.69, 9.17) is 4.74 Å². The van der Waals surface area contributed by atoms with Crippen LogP contribution in [0.2, 0.25) is 0 Å². The molecule has 1 N–H and O–H groups in total. The maximum Gasteiger partial charge on any atom is 0.327 e. The number of hydrogen-bond donors (Lipinski definition) is 1. The zero-order valence-electron chi connectivity index (χ0n) is 14.2. The number of methoxy groups -OCH3 is 1. The number of piperidine rings is 1. The molecule has 1 unspecified atom stereocenters. The molecule has 2 rings (SSSR count). The second-order valence-corrected chi connectivity index (χ2v) is 7.13. The average Bonchev–Trinajstić information content (AvgIpc) is 3.31. The summed E-state index contributed by atoms with van der Waals surface area (Å²) in [5.74, 6) is 1.99. The molecule has 0 amide bonds. The van der Waals surface area contributed by atoms with Gasteiger partial charge in [0, 0.05) is 6.54 Å². The molecule has 4 heteroatoms. The van der Waals surface area contributed by atoms with Crippen molar-refractivity contribution in [2.75, 3.05) is 33.3 Å². The minimum absolute atomic E-state index is 0.0715. The summed E-state index contributed by atoms with van der Waals surface area (Å²) in [6, 6.07) is 0. The number of likely N-dealkylation sites (N-methyl/N-ethyl adjacent to an activating group) is 1. The van der Waals surface area contributed by atoms with Crippen molar-refractivity contribution in [1.29, 1.82) is 0 Å².